The van der Waals surface area contributed by atoms with Crippen molar-refractivity contribution in [1.82, 2.24) is 9.62 Å². The van der Waals surface area contributed by atoms with Crippen LogP contribution in [0.1, 0.15) is 31.2 Å². The van der Waals surface area contributed by atoms with Gasteiger partial charge in [0, 0.05) is 26.2 Å². The Labute approximate surface area is 143 Å². The first-order valence-corrected chi connectivity index (χ1v) is 10.3. The van der Waals surface area contributed by atoms with Gasteiger partial charge in [0.15, 0.2) is 0 Å². The molecule has 1 N–H and O–H groups in total. The van der Waals surface area contributed by atoms with Gasteiger partial charge in [0.05, 0.1) is 18.0 Å². The van der Waals surface area contributed by atoms with Gasteiger partial charge in [-0.1, -0.05) is 12.1 Å². The number of hydrogen-bond acceptors (Lipinski definition) is 4. The van der Waals surface area contributed by atoms with Crippen LogP contribution in [0.5, 0.6) is 0 Å². The molecule has 0 aliphatic carbocycles. The average Bonchev–Trinajstić information content (AvgIpc) is 2.87. The Hall–Kier alpha value is -1.02. The van der Waals surface area contributed by atoms with Crippen molar-refractivity contribution in [3.8, 4) is 0 Å². The third-order valence-corrected chi connectivity index (χ3v) is 5.53. The summed E-state index contributed by atoms with van der Waals surface area (Å²) < 4.78 is 44.7. The van der Waals surface area contributed by atoms with E-state index in [9.17, 15) is 12.8 Å². The lowest BCUT2D eigenvalue weighted by atomic mass is 9.90. The van der Waals surface area contributed by atoms with E-state index in [0.29, 0.717) is 6.54 Å². The van der Waals surface area contributed by atoms with E-state index >= 15 is 0 Å². The molecule has 1 aromatic rings. The lowest BCUT2D eigenvalue weighted by molar-refractivity contribution is -0.118. The van der Waals surface area contributed by atoms with Gasteiger partial charge in [0.2, 0.25) is 10.0 Å². The molecule has 1 spiro atoms. The Morgan fingerprint density at radius 1 is 1.42 bits per heavy atom. The highest BCUT2D eigenvalue weighted by Crippen LogP contribution is 2.37. The number of sulfonamides is 1. The highest BCUT2D eigenvalue weighted by atomic mass is 32.2. The van der Waals surface area contributed by atoms with Gasteiger partial charge in [0.25, 0.3) is 0 Å². The summed E-state index contributed by atoms with van der Waals surface area (Å²) in [5.74, 6) is -0.206. The summed E-state index contributed by atoms with van der Waals surface area (Å²) in [6, 6.07) is 6.71. The minimum absolute atomic E-state index is 0.0670. The number of nitrogens with zero attached hydrogens (tertiary/aromatic N) is 1. The third kappa shape index (κ3) is 4.75. The Morgan fingerprint density at radius 2 is 2.25 bits per heavy atom. The van der Waals surface area contributed by atoms with E-state index in [4.69, 9.17) is 4.74 Å². The van der Waals surface area contributed by atoms with Gasteiger partial charge in [-0.15, -0.1) is 0 Å². The highest BCUT2D eigenvalue weighted by Gasteiger charge is 2.42. The van der Waals surface area contributed by atoms with E-state index in [1.54, 1.807) is 12.1 Å². The minimum Gasteiger partial charge on any atom is -0.369 e. The highest BCUT2D eigenvalue weighted by molar-refractivity contribution is 7.88. The standard InChI is InChI=1S/C17H25FN2O3S/c1-24(21,22)19-11-16-6-3-7-17(23-16)8-9-20(13-17)12-14-4-2-5-15(18)10-14/h2,4-5,10,16,19H,3,6-9,11-13H2,1H3/t16-,17-/m0/s1. The van der Waals surface area contributed by atoms with E-state index in [2.05, 4.69) is 9.62 Å². The molecule has 24 heavy (non-hydrogen) atoms. The second-order valence-electron chi connectivity index (χ2n) is 7.03. The first-order chi connectivity index (χ1) is 11.3. The van der Waals surface area contributed by atoms with Gasteiger partial charge < -0.3 is 4.74 Å². The van der Waals surface area contributed by atoms with E-state index < -0.39 is 10.0 Å². The molecule has 3 rings (SSSR count). The monoisotopic (exact) mass is 356 g/mol. The molecular weight excluding hydrogens is 331 g/mol. The van der Waals surface area contributed by atoms with Gasteiger partial charge in [-0.2, -0.15) is 0 Å². The molecule has 2 saturated heterocycles. The Balaban J connectivity index is 1.56. The van der Waals surface area contributed by atoms with Crippen LogP contribution >= 0.6 is 0 Å². The van der Waals surface area contributed by atoms with Crippen LogP contribution in [0, 0.1) is 5.82 Å². The number of nitrogens with one attached hydrogen (secondary N) is 1. The minimum atomic E-state index is -3.19. The molecule has 134 valence electrons. The number of ether oxygens (including phenoxy) is 1. The van der Waals surface area contributed by atoms with Gasteiger partial charge in [-0.25, -0.2) is 17.5 Å². The normalized spacial score (nSPS) is 28.5. The lowest BCUT2D eigenvalue weighted by Crippen LogP contribution is -2.46. The second-order valence-corrected chi connectivity index (χ2v) is 8.86. The molecule has 0 saturated carbocycles. The Morgan fingerprint density at radius 3 is 3.00 bits per heavy atom. The molecule has 2 aliphatic heterocycles. The number of halogens is 1. The fraction of sp³-hybridized carbons (Fsp3) is 0.647. The first-order valence-electron chi connectivity index (χ1n) is 8.43. The molecule has 1 aromatic carbocycles. The topological polar surface area (TPSA) is 58.6 Å². The predicted octanol–water partition coefficient (Wildman–Crippen LogP) is 1.89. The average molecular weight is 356 g/mol. The first kappa shape index (κ1) is 17.8. The Bertz CT molecular complexity index is 682. The van der Waals surface area contributed by atoms with Crippen molar-refractivity contribution in [2.75, 3.05) is 25.9 Å². The molecule has 0 bridgehead atoms. The zero-order valence-electron chi connectivity index (χ0n) is 14.0. The van der Waals surface area contributed by atoms with Crippen LogP contribution in [-0.4, -0.2) is 50.9 Å². The summed E-state index contributed by atoms with van der Waals surface area (Å²) >= 11 is 0. The van der Waals surface area contributed by atoms with Crippen LogP contribution in [-0.2, 0) is 21.3 Å². The van der Waals surface area contributed by atoms with E-state index in [1.165, 1.54) is 12.3 Å². The molecular formula is C17H25FN2O3S. The predicted molar refractivity (Wildman–Crippen MR) is 90.6 cm³/mol. The third-order valence-electron chi connectivity index (χ3n) is 4.84. The SMILES string of the molecule is CS(=O)(=O)NC[C@@H]1CCC[C@@]2(CCN(Cc3cccc(F)c3)C2)O1. The number of rotatable bonds is 5. The second kappa shape index (κ2) is 7.07. The van der Waals surface area contributed by atoms with Crippen LogP contribution in [0.4, 0.5) is 4.39 Å². The summed E-state index contributed by atoms with van der Waals surface area (Å²) in [4.78, 5) is 2.29. The number of benzene rings is 1. The summed E-state index contributed by atoms with van der Waals surface area (Å²) in [6.45, 7) is 2.79. The van der Waals surface area contributed by atoms with Gasteiger partial charge in [-0.05, 0) is 43.4 Å². The van der Waals surface area contributed by atoms with Crippen molar-refractivity contribution in [3.05, 3.63) is 35.6 Å². The zero-order valence-corrected chi connectivity index (χ0v) is 14.8. The van der Waals surface area contributed by atoms with E-state index in [1.807, 2.05) is 6.07 Å². The number of likely N-dealkylation sites (tertiary alicyclic amines) is 1. The maximum atomic E-state index is 13.3. The van der Waals surface area contributed by atoms with Crippen molar-refractivity contribution < 1.29 is 17.5 Å². The molecule has 0 aromatic heterocycles. The molecule has 7 heteroatoms. The molecule has 0 amide bonds. The van der Waals surface area contributed by atoms with Gasteiger partial charge in [-0.3, -0.25) is 4.90 Å². The molecule has 5 nitrogen and oxygen atoms in total. The molecule has 2 atom stereocenters. The van der Waals surface area contributed by atoms with Crippen LogP contribution < -0.4 is 4.72 Å². The van der Waals surface area contributed by atoms with Gasteiger partial charge >= 0.3 is 0 Å². The van der Waals surface area contributed by atoms with Crippen molar-refractivity contribution in [2.45, 2.75) is 43.9 Å². The van der Waals surface area contributed by atoms with Crippen LogP contribution in [0.15, 0.2) is 24.3 Å². The van der Waals surface area contributed by atoms with Crippen molar-refractivity contribution >= 4 is 10.0 Å². The smallest absolute Gasteiger partial charge is 0.208 e. The maximum absolute atomic E-state index is 13.3. The molecule has 0 unspecified atom stereocenters. The van der Waals surface area contributed by atoms with Crippen molar-refractivity contribution in [2.24, 2.45) is 0 Å². The molecule has 2 aliphatic rings. The summed E-state index contributed by atoms with van der Waals surface area (Å²) in [7, 11) is -3.19. The zero-order chi connectivity index (χ0) is 17.2. The molecule has 2 fully saturated rings. The molecule has 0 radical (unpaired) electrons. The number of hydrogen-bond donors (Lipinski definition) is 1. The van der Waals surface area contributed by atoms with E-state index in [-0.39, 0.29) is 17.5 Å². The van der Waals surface area contributed by atoms with Crippen molar-refractivity contribution in [1.29, 1.82) is 0 Å². The summed E-state index contributed by atoms with van der Waals surface area (Å²) in [5.41, 5.74) is 0.785. The van der Waals surface area contributed by atoms with E-state index in [0.717, 1.165) is 50.9 Å². The summed E-state index contributed by atoms with van der Waals surface area (Å²) in [5, 5.41) is 0. The lowest BCUT2D eigenvalue weighted by Gasteiger charge is -2.38. The fourth-order valence-electron chi connectivity index (χ4n) is 3.77. The van der Waals surface area contributed by atoms with Crippen LogP contribution in [0.2, 0.25) is 0 Å². The largest absolute Gasteiger partial charge is 0.369 e. The summed E-state index contributed by atoms with van der Waals surface area (Å²) in [6.07, 6.45) is 4.97. The Kier molecular flexibility index (Phi) is 5.24. The fourth-order valence-corrected chi connectivity index (χ4v) is 4.26. The maximum Gasteiger partial charge on any atom is 0.208 e. The van der Waals surface area contributed by atoms with Crippen LogP contribution in [0.25, 0.3) is 0 Å². The molecule has 2 heterocycles. The van der Waals surface area contributed by atoms with Crippen LogP contribution in [0.3, 0.4) is 0 Å². The quantitative estimate of drug-likeness (QED) is 0.875. The van der Waals surface area contributed by atoms with Crippen molar-refractivity contribution in [3.63, 3.8) is 0 Å². The van der Waals surface area contributed by atoms with Gasteiger partial charge in [0.1, 0.15) is 5.82 Å².